The van der Waals surface area contributed by atoms with Gasteiger partial charge in [0.1, 0.15) is 12.4 Å². The molecule has 1 aliphatic carbocycles. The predicted octanol–water partition coefficient (Wildman–Crippen LogP) is 3.65. The summed E-state index contributed by atoms with van der Waals surface area (Å²) in [4.78, 5) is 27.0. The van der Waals surface area contributed by atoms with E-state index < -0.39 is 5.91 Å². The lowest BCUT2D eigenvalue weighted by Gasteiger charge is -2.30. The average Bonchev–Trinajstić information content (AvgIpc) is 3.19. The standard InChI is InChI=1S/C22H21FN2O3/c23-16-11-9-15(10-12-16)13-20-22(27)25(18-7-3-4-8-19(18)28-20)14-21(26)24-17-5-1-2-6-17/h3-4,7-13,17H,1-2,5-6,14H2,(H,24,26)/b20-13+. The molecule has 28 heavy (non-hydrogen) atoms. The van der Waals surface area contributed by atoms with E-state index in [1.807, 2.05) is 0 Å². The van der Waals surface area contributed by atoms with Crippen LogP contribution < -0.4 is 15.0 Å². The minimum Gasteiger partial charge on any atom is -0.449 e. The second-order valence-electron chi connectivity index (χ2n) is 7.07. The highest BCUT2D eigenvalue weighted by molar-refractivity contribution is 6.12. The van der Waals surface area contributed by atoms with Crippen LogP contribution in [0.15, 0.2) is 54.3 Å². The minimum absolute atomic E-state index is 0.0730. The van der Waals surface area contributed by atoms with Crippen LogP contribution in [-0.4, -0.2) is 24.4 Å². The fraction of sp³-hybridized carbons (Fsp3) is 0.273. The van der Waals surface area contributed by atoms with Crippen LogP contribution in [0.25, 0.3) is 6.08 Å². The van der Waals surface area contributed by atoms with Gasteiger partial charge in [-0.1, -0.05) is 37.1 Å². The van der Waals surface area contributed by atoms with Crippen molar-refractivity contribution in [1.29, 1.82) is 0 Å². The highest BCUT2D eigenvalue weighted by Crippen LogP contribution is 2.35. The molecule has 1 saturated carbocycles. The first-order valence-electron chi connectivity index (χ1n) is 9.45. The van der Waals surface area contributed by atoms with Crippen molar-refractivity contribution in [1.82, 2.24) is 5.32 Å². The van der Waals surface area contributed by atoms with E-state index in [0.717, 1.165) is 25.7 Å². The third-order valence-corrected chi connectivity index (χ3v) is 5.02. The van der Waals surface area contributed by atoms with Crippen LogP contribution >= 0.6 is 0 Å². The van der Waals surface area contributed by atoms with Gasteiger partial charge < -0.3 is 10.1 Å². The van der Waals surface area contributed by atoms with Crippen LogP contribution in [0.1, 0.15) is 31.2 Å². The number of carbonyl (C=O) groups excluding carboxylic acids is 2. The molecule has 2 aliphatic rings. The number of para-hydroxylation sites is 2. The van der Waals surface area contributed by atoms with Gasteiger partial charge in [0.15, 0.2) is 11.5 Å². The Morgan fingerprint density at radius 2 is 1.86 bits per heavy atom. The molecule has 2 aromatic rings. The maximum Gasteiger partial charge on any atom is 0.294 e. The van der Waals surface area contributed by atoms with E-state index in [0.29, 0.717) is 17.0 Å². The Bertz CT molecular complexity index is 918. The van der Waals surface area contributed by atoms with Gasteiger partial charge in [0.25, 0.3) is 5.91 Å². The first-order valence-corrected chi connectivity index (χ1v) is 9.45. The summed E-state index contributed by atoms with van der Waals surface area (Å²) in [5.74, 6) is -0.334. The molecule has 0 unspecified atom stereocenters. The van der Waals surface area contributed by atoms with Crippen LogP contribution in [0.4, 0.5) is 10.1 Å². The summed E-state index contributed by atoms with van der Waals surface area (Å²) in [5.41, 5.74) is 1.20. The lowest BCUT2D eigenvalue weighted by atomic mass is 10.1. The number of rotatable bonds is 4. The third kappa shape index (κ3) is 3.91. The number of ether oxygens (including phenoxy) is 1. The summed E-state index contributed by atoms with van der Waals surface area (Å²) in [6.07, 6.45) is 5.76. The van der Waals surface area contributed by atoms with Gasteiger partial charge in [0, 0.05) is 6.04 Å². The Kier molecular flexibility index (Phi) is 5.10. The van der Waals surface area contributed by atoms with E-state index in [1.54, 1.807) is 42.5 Å². The van der Waals surface area contributed by atoms with E-state index in [4.69, 9.17) is 4.74 Å². The number of carbonyl (C=O) groups is 2. The van der Waals surface area contributed by atoms with Crippen LogP contribution in [0.2, 0.25) is 0 Å². The van der Waals surface area contributed by atoms with Gasteiger partial charge in [-0.05, 0) is 48.7 Å². The Balaban J connectivity index is 1.59. The van der Waals surface area contributed by atoms with Crippen molar-refractivity contribution in [2.75, 3.05) is 11.4 Å². The topological polar surface area (TPSA) is 58.6 Å². The number of halogens is 1. The number of hydrogen-bond acceptors (Lipinski definition) is 3. The maximum atomic E-state index is 13.1. The Labute approximate surface area is 162 Å². The molecule has 0 aromatic heterocycles. The number of amides is 2. The van der Waals surface area contributed by atoms with Gasteiger partial charge in [-0.2, -0.15) is 0 Å². The van der Waals surface area contributed by atoms with Crippen molar-refractivity contribution in [3.05, 3.63) is 65.7 Å². The number of nitrogens with one attached hydrogen (secondary N) is 1. The van der Waals surface area contributed by atoms with Crippen molar-refractivity contribution < 1.29 is 18.7 Å². The molecule has 1 N–H and O–H groups in total. The van der Waals surface area contributed by atoms with Crippen molar-refractivity contribution in [3.63, 3.8) is 0 Å². The predicted molar refractivity (Wildman–Crippen MR) is 104 cm³/mol. The molecule has 1 fully saturated rings. The molecule has 4 rings (SSSR count). The maximum absolute atomic E-state index is 13.1. The number of hydrogen-bond donors (Lipinski definition) is 1. The van der Waals surface area contributed by atoms with E-state index >= 15 is 0 Å². The van der Waals surface area contributed by atoms with Crippen LogP contribution in [0, 0.1) is 5.82 Å². The molecule has 0 spiro atoms. The molecule has 1 aliphatic heterocycles. The molecule has 2 amide bonds. The van der Waals surface area contributed by atoms with Crippen molar-refractivity contribution in [2.24, 2.45) is 0 Å². The minimum atomic E-state index is -0.399. The summed E-state index contributed by atoms with van der Waals surface area (Å²) in [7, 11) is 0. The van der Waals surface area contributed by atoms with Crippen LogP contribution in [0.3, 0.4) is 0 Å². The first-order chi connectivity index (χ1) is 13.6. The lowest BCUT2D eigenvalue weighted by Crippen LogP contribution is -2.46. The van der Waals surface area contributed by atoms with Gasteiger partial charge in [0.2, 0.25) is 5.91 Å². The zero-order chi connectivity index (χ0) is 19.5. The van der Waals surface area contributed by atoms with Crippen molar-refractivity contribution in [2.45, 2.75) is 31.7 Å². The average molecular weight is 380 g/mol. The second-order valence-corrected chi connectivity index (χ2v) is 7.07. The molecular weight excluding hydrogens is 359 g/mol. The molecular formula is C22H21FN2O3. The number of nitrogens with zero attached hydrogens (tertiary/aromatic N) is 1. The van der Waals surface area contributed by atoms with Gasteiger partial charge >= 0.3 is 0 Å². The fourth-order valence-corrected chi connectivity index (χ4v) is 3.62. The molecule has 6 heteroatoms. The number of benzene rings is 2. The van der Waals surface area contributed by atoms with E-state index in [2.05, 4.69) is 5.32 Å². The Morgan fingerprint density at radius 1 is 1.14 bits per heavy atom. The van der Waals surface area contributed by atoms with Crippen LogP contribution in [-0.2, 0) is 9.59 Å². The highest BCUT2D eigenvalue weighted by Gasteiger charge is 2.32. The van der Waals surface area contributed by atoms with E-state index in [1.165, 1.54) is 17.0 Å². The zero-order valence-corrected chi connectivity index (χ0v) is 15.4. The monoisotopic (exact) mass is 380 g/mol. The smallest absolute Gasteiger partial charge is 0.294 e. The normalized spacial score (nSPS) is 18.1. The summed E-state index contributed by atoms with van der Waals surface area (Å²) in [5, 5.41) is 3.01. The molecule has 1 heterocycles. The fourth-order valence-electron chi connectivity index (χ4n) is 3.62. The molecule has 144 valence electrons. The number of fused-ring (bicyclic) bond motifs is 1. The highest BCUT2D eigenvalue weighted by atomic mass is 19.1. The van der Waals surface area contributed by atoms with E-state index in [9.17, 15) is 14.0 Å². The Morgan fingerprint density at radius 3 is 2.61 bits per heavy atom. The Hall–Kier alpha value is -3.15. The third-order valence-electron chi connectivity index (χ3n) is 5.02. The molecule has 0 atom stereocenters. The molecule has 0 saturated heterocycles. The zero-order valence-electron chi connectivity index (χ0n) is 15.4. The molecule has 2 aromatic carbocycles. The first kappa shape index (κ1) is 18.2. The van der Waals surface area contributed by atoms with Crippen LogP contribution in [0.5, 0.6) is 5.75 Å². The van der Waals surface area contributed by atoms with Gasteiger partial charge in [-0.15, -0.1) is 0 Å². The number of anilines is 1. The SMILES string of the molecule is O=C(CN1C(=O)/C(=C\c2ccc(F)cc2)Oc2ccccc21)NC1CCCC1. The van der Waals surface area contributed by atoms with Gasteiger partial charge in [-0.3, -0.25) is 14.5 Å². The van der Waals surface area contributed by atoms with Crippen molar-refractivity contribution in [3.8, 4) is 5.75 Å². The van der Waals surface area contributed by atoms with Crippen molar-refractivity contribution >= 4 is 23.6 Å². The molecule has 0 bridgehead atoms. The second kappa shape index (κ2) is 7.84. The summed E-state index contributed by atoms with van der Waals surface area (Å²) in [6, 6.07) is 13.1. The molecule has 0 radical (unpaired) electrons. The summed E-state index contributed by atoms with van der Waals surface area (Å²) >= 11 is 0. The van der Waals surface area contributed by atoms with Gasteiger partial charge in [-0.25, -0.2) is 4.39 Å². The summed E-state index contributed by atoms with van der Waals surface area (Å²) in [6.45, 7) is -0.0730. The lowest BCUT2D eigenvalue weighted by molar-refractivity contribution is -0.123. The van der Waals surface area contributed by atoms with E-state index in [-0.39, 0.29) is 30.1 Å². The molecule has 5 nitrogen and oxygen atoms in total. The largest absolute Gasteiger partial charge is 0.449 e. The van der Waals surface area contributed by atoms with Gasteiger partial charge in [0.05, 0.1) is 5.69 Å². The quantitative estimate of drug-likeness (QED) is 0.824. The summed E-state index contributed by atoms with van der Waals surface area (Å²) < 4.78 is 18.9.